The third kappa shape index (κ3) is 2.52. The first-order valence-electron chi connectivity index (χ1n) is 5.77. The van der Waals surface area contributed by atoms with E-state index in [2.05, 4.69) is 20.7 Å². The second-order valence-corrected chi connectivity index (χ2v) is 4.99. The number of phenolic OH excluding ortho intramolecular Hbond substituents is 2. The summed E-state index contributed by atoms with van der Waals surface area (Å²) in [5.74, 6) is 0.00605. The van der Waals surface area contributed by atoms with Crippen molar-refractivity contribution in [3.8, 4) is 11.5 Å². The predicted molar refractivity (Wildman–Crippen MR) is 77.5 cm³/mol. The standard InChI is InChI=1S/C13H10N4O2S/c18-8-5-6-11(19)10(7-8)15-17-16-13-14-9-3-1-2-4-12(9)20-13/h1-7,18-19H,(H,14,15,16). The van der Waals surface area contributed by atoms with Crippen LogP contribution in [0.1, 0.15) is 0 Å². The molecule has 0 radical (unpaired) electrons. The molecule has 1 aromatic heterocycles. The second kappa shape index (κ2) is 5.14. The van der Waals surface area contributed by atoms with E-state index in [1.54, 1.807) is 0 Å². The van der Waals surface area contributed by atoms with Crippen LogP contribution in [0.25, 0.3) is 10.2 Å². The van der Waals surface area contributed by atoms with Crippen LogP contribution in [0.5, 0.6) is 11.5 Å². The van der Waals surface area contributed by atoms with E-state index in [0.29, 0.717) is 5.13 Å². The number of hydrogen-bond acceptors (Lipinski definition) is 6. The van der Waals surface area contributed by atoms with Gasteiger partial charge in [-0.2, -0.15) is 0 Å². The Hall–Kier alpha value is -2.67. The minimum Gasteiger partial charge on any atom is -0.508 e. The highest BCUT2D eigenvalue weighted by Gasteiger charge is 2.03. The Bertz CT molecular complexity index is 752. The molecule has 0 bridgehead atoms. The second-order valence-electron chi connectivity index (χ2n) is 3.98. The molecule has 3 aromatic rings. The molecule has 0 aliphatic rings. The summed E-state index contributed by atoms with van der Waals surface area (Å²) < 4.78 is 1.03. The number of aromatic nitrogens is 1. The summed E-state index contributed by atoms with van der Waals surface area (Å²) in [4.78, 5) is 4.29. The molecule has 7 heteroatoms. The minimum atomic E-state index is -0.0222. The molecule has 0 saturated heterocycles. The van der Waals surface area contributed by atoms with Gasteiger partial charge in [-0.15, -0.1) is 5.11 Å². The SMILES string of the molecule is Oc1ccc(O)c(NN=Nc2nc3ccccc3s2)c1. The van der Waals surface area contributed by atoms with Gasteiger partial charge in [0.05, 0.1) is 10.2 Å². The number of nitrogens with zero attached hydrogens (tertiary/aromatic N) is 3. The van der Waals surface area contributed by atoms with Crippen molar-refractivity contribution < 1.29 is 10.2 Å². The number of phenols is 2. The molecule has 2 aromatic carbocycles. The van der Waals surface area contributed by atoms with Gasteiger partial charge in [0, 0.05) is 6.07 Å². The molecule has 0 amide bonds. The molecule has 0 saturated carbocycles. The van der Waals surface area contributed by atoms with Crippen molar-refractivity contribution >= 4 is 32.4 Å². The molecular weight excluding hydrogens is 276 g/mol. The van der Waals surface area contributed by atoms with E-state index >= 15 is 0 Å². The largest absolute Gasteiger partial charge is 0.508 e. The summed E-state index contributed by atoms with van der Waals surface area (Å²) in [6, 6.07) is 11.8. The summed E-state index contributed by atoms with van der Waals surface area (Å²) in [6.45, 7) is 0. The lowest BCUT2D eigenvalue weighted by Gasteiger charge is -2.02. The van der Waals surface area contributed by atoms with Crippen molar-refractivity contribution in [2.45, 2.75) is 0 Å². The zero-order valence-electron chi connectivity index (χ0n) is 10.2. The molecular formula is C13H10N4O2S. The molecule has 0 atom stereocenters. The first-order valence-corrected chi connectivity index (χ1v) is 6.58. The molecule has 6 nitrogen and oxygen atoms in total. The summed E-state index contributed by atoms with van der Waals surface area (Å²) in [6.07, 6.45) is 0. The fourth-order valence-corrected chi connectivity index (χ4v) is 2.43. The number of hydrogen-bond donors (Lipinski definition) is 3. The van der Waals surface area contributed by atoms with Crippen LogP contribution in [0.4, 0.5) is 10.8 Å². The van der Waals surface area contributed by atoms with Gasteiger partial charge < -0.3 is 10.2 Å². The lowest BCUT2D eigenvalue weighted by molar-refractivity contribution is 0.462. The fourth-order valence-electron chi connectivity index (χ4n) is 1.64. The Kier molecular flexibility index (Phi) is 3.18. The number of thiazole rings is 1. The van der Waals surface area contributed by atoms with Crippen LogP contribution >= 0.6 is 11.3 Å². The number of rotatable bonds is 3. The number of aromatic hydroxyl groups is 2. The zero-order chi connectivity index (χ0) is 13.9. The molecule has 0 unspecified atom stereocenters. The highest BCUT2D eigenvalue weighted by molar-refractivity contribution is 7.21. The molecule has 20 heavy (non-hydrogen) atoms. The highest BCUT2D eigenvalue weighted by Crippen LogP contribution is 2.29. The molecule has 3 N–H and O–H groups in total. The molecule has 3 rings (SSSR count). The first-order chi connectivity index (χ1) is 9.72. The number of nitrogens with one attached hydrogen (secondary N) is 1. The van der Waals surface area contributed by atoms with Crippen LogP contribution in [-0.4, -0.2) is 15.2 Å². The number of fused-ring (bicyclic) bond motifs is 1. The topological polar surface area (TPSA) is 90.1 Å². The smallest absolute Gasteiger partial charge is 0.232 e. The van der Waals surface area contributed by atoms with Crippen LogP contribution in [0.15, 0.2) is 52.8 Å². The minimum absolute atomic E-state index is 0.0222. The van der Waals surface area contributed by atoms with Gasteiger partial charge in [-0.3, -0.25) is 5.43 Å². The van der Waals surface area contributed by atoms with Crippen molar-refractivity contribution in [1.29, 1.82) is 0 Å². The molecule has 0 spiro atoms. The van der Waals surface area contributed by atoms with Gasteiger partial charge in [-0.05, 0) is 24.3 Å². The highest BCUT2D eigenvalue weighted by atomic mass is 32.1. The molecule has 0 fully saturated rings. The van der Waals surface area contributed by atoms with E-state index in [1.165, 1.54) is 29.5 Å². The Morgan fingerprint density at radius 3 is 2.80 bits per heavy atom. The van der Waals surface area contributed by atoms with E-state index in [9.17, 15) is 10.2 Å². The molecule has 100 valence electrons. The summed E-state index contributed by atoms with van der Waals surface area (Å²) in [5, 5.41) is 27.1. The van der Waals surface area contributed by atoms with Gasteiger partial charge in [0.15, 0.2) is 0 Å². The Balaban J connectivity index is 1.78. The van der Waals surface area contributed by atoms with Crippen LogP contribution in [0.2, 0.25) is 0 Å². The maximum atomic E-state index is 9.56. The van der Waals surface area contributed by atoms with E-state index in [0.717, 1.165) is 10.2 Å². The Labute approximate surface area is 118 Å². The average molecular weight is 286 g/mol. The van der Waals surface area contributed by atoms with Crippen LogP contribution < -0.4 is 5.43 Å². The normalized spacial score (nSPS) is 11.2. The van der Waals surface area contributed by atoms with E-state index in [4.69, 9.17) is 0 Å². The van der Waals surface area contributed by atoms with E-state index in [1.807, 2.05) is 24.3 Å². The average Bonchev–Trinajstić information content (AvgIpc) is 2.85. The van der Waals surface area contributed by atoms with Crippen molar-refractivity contribution in [2.24, 2.45) is 10.3 Å². The Morgan fingerprint density at radius 2 is 1.95 bits per heavy atom. The zero-order valence-corrected chi connectivity index (χ0v) is 11.0. The van der Waals surface area contributed by atoms with E-state index < -0.39 is 0 Å². The summed E-state index contributed by atoms with van der Waals surface area (Å²) >= 11 is 1.42. The number of anilines is 1. The van der Waals surface area contributed by atoms with Gasteiger partial charge in [-0.25, -0.2) is 4.98 Å². The van der Waals surface area contributed by atoms with Crippen molar-refractivity contribution in [3.63, 3.8) is 0 Å². The summed E-state index contributed by atoms with van der Waals surface area (Å²) in [7, 11) is 0. The third-order valence-electron chi connectivity index (χ3n) is 2.57. The van der Waals surface area contributed by atoms with Gasteiger partial charge in [0.25, 0.3) is 0 Å². The maximum absolute atomic E-state index is 9.56. The van der Waals surface area contributed by atoms with Gasteiger partial charge in [0.2, 0.25) is 5.13 Å². The first kappa shape index (κ1) is 12.4. The van der Waals surface area contributed by atoms with Gasteiger partial charge in [-0.1, -0.05) is 28.7 Å². The van der Waals surface area contributed by atoms with Crippen LogP contribution in [0, 0.1) is 0 Å². The summed E-state index contributed by atoms with van der Waals surface area (Å²) in [5.41, 5.74) is 3.70. The van der Waals surface area contributed by atoms with Gasteiger partial charge in [0.1, 0.15) is 17.2 Å². The van der Waals surface area contributed by atoms with Crippen molar-refractivity contribution in [3.05, 3.63) is 42.5 Å². The Morgan fingerprint density at radius 1 is 1.10 bits per heavy atom. The van der Waals surface area contributed by atoms with Gasteiger partial charge >= 0.3 is 0 Å². The third-order valence-corrected chi connectivity index (χ3v) is 3.49. The number of benzene rings is 2. The maximum Gasteiger partial charge on any atom is 0.232 e. The van der Waals surface area contributed by atoms with Crippen molar-refractivity contribution in [2.75, 3.05) is 5.43 Å². The lowest BCUT2D eigenvalue weighted by atomic mass is 10.3. The monoisotopic (exact) mass is 286 g/mol. The molecule has 0 aliphatic carbocycles. The lowest BCUT2D eigenvalue weighted by Crippen LogP contribution is -1.86. The quantitative estimate of drug-likeness (QED) is 0.295. The fraction of sp³-hybridized carbons (Fsp3) is 0. The molecule has 1 heterocycles. The predicted octanol–water partition coefficient (Wildman–Crippen LogP) is 3.82. The van der Waals surface area contributed by atoms with Crippen LogP contribution in [-0.2, 0) is 0 Å². The van der Waals surface area contributed by atoms with Crippen LogP contribution in [0.3, 0.4) is 0 Å². The van der Waals surface area contributed by atoms with Crippen molar-refractivity contribution in [1.82, 2.24) is 4.98 Å². The van der Waals surface area contributed by atoms with E-state index in [-0.39, 0.29) is 17.2 Å². The molecule has 0 aliphatic heterocycles. The number of para-hydroxylation sites is 1.